The molecule has 1 aromatic rings. The van der Waals surface area contributed by atoms with E-state index in [2.05, 4.69) is 10.3 Å². The lowest BCUT2D eigenvalue weighted by molar-refractivity contribution is 0.0696. The number of anilines is 1. The zero-order valence-corrected chi connectivity index (χ0v) is 12.4. The lowest BCUT2D eigenvalue weighted by atomic mass is 9.96. The van der Waals surface area contributed by atoms with Crippen molar-refractivity contribution in [1.82, 2.24) is 4.98 Å². The van der Waals surface area contributed by atoms with Crippen LogP contribution in [0.1, 0.15) is 66.7 Å². The maximum atomic E-state index is 11.4. The second-order valence-electron chi connectivity index (χ2n) is 5.76. The SMILES string of the molecule is Cc1cc(NC2CCCCCCC2)c(C(=O)O)c(C)n1. The number of nitrogens with zero attached hydrogens (tertiary/aromatic N) is 1. The summed E-state index contributed by atoms with van der Waals surface area (Å²) in [5, 5.41) is 12.8. The summed E-state index contributed by atoms with van der Waals surface area (Å²) in [6.07, 6.45) is 8.61. The van der Waals surface area contributed by atoms with Crippen molar-refractivity contribution in [2.45, 2.75) is 64.8 Å². The quantitative estimate of drug-likeness (QED) is 0.878. The molecule has 0 bridgehead atoms. The van der Waals surface area contributed by atoms with Crippen molar-refractivity contribution in [2.24, 2.45) is 0 Å². The van der Waals surface area contributed by atoms with E-state index in [1.165, 1.54) is 32.1 Å². The fourth-order valence-electron chi connectivity index (χ4n) is 3.03. The Kier molecular flexibility index (Phi) is 4.99. The number of aromatic carboxylic acids is 1. The van der Waals surface area contributed by atoms with Crippen molar-refractivity contribution in [1.29, 1.82) is 0 Å². The molecule has 4 nitrogen and oxygen atoms in total. The predicted octanol–water partition coefficient (Wildman–Crippen LogP) is 3.92. The zero-order chi connectivity index (χ0) is 14.5. The van der Waals surface area contributed by atoms with Crippen LogP contribution in [0.15, 0.2) is 6.07 Å². The van der Waals surface area contributed by atoms with Crippen LogP contribution in [0.3, 0.4) is 0 Å². The van der Waals surface area contributed by atoms with Gasteiger partial charge >= 0.3 is 5.97 Å². The monoisotopic (exact) mass is 276 g/mol. The van der Waals surface area contributed by atoms with Crippen molar-refractivity contribution in [3.05, 3.63) is 23.0 Å². The zero-order valence-electron chi connectivity index (χ0n) is 12.4. The van der Waals surface area contributed by atoms with Gasteiger partial charge in [0.1, 0.15) is 5.56 Å². The first-order valence-corrected chi connectivity index (χ1v) is 7.56. The smallest absolute Gasteiger partial charge is 0.339 e. The number of carboxylic acids is 1. The molecular weight excluding hydrogens is 252 g/mol. The number of carboxylic acid groups (broad SMARTS) is 1. The molecule has 1 aliphatic carbocycles. The standard InChI is InChI=1S/C16H24N2O2/c1-11-10-14(15(16(19)20)12(2)17-11)18-13-8-6-4-3-5-7-9-13/h10,13H,3-9H2,1-2H3,(H,17,18)(H,19,20). The van der Waals surface area contributed by atoms with Gasteiger partial charge in [0.25, 0.3) is 0 Å². The van der Waals surface area contributed by atoms with Crippen LogP contribution in [0.4, 0.5) is 5.69 Å². The fraction of sp³-hybridized carbons (Fsp3) is 0.625. The number of hydrogen-bond donors (Lipinski definition) is 2. The molecule has 0 radical (unpaired) electrons. The van der Waals surface area contributed by atoms with Gasteiger partial charge in [0, 0.05) is 11.7 Å². The van der Waals surface area contributed by atoms with Gasteiger partial charge in [-0.25, -0.2) is 4.79 Å². The molecule has 0 unspecified atom stereocenters. The number of aryl methyl sites for hydroxylation is 2. The van der Waals surface area contributed by atoms with Gasteiger partial charge in [0.2, 0.25) is 0 Å². The number of aromatic nitrogens is 1. The van der Waals surface area contributed by atoms with Crippen molar-refractivity contribution in [2.75, 3.05) is 5.32 Å². The van der Waals surface area contributed by atoms with Crippen LogP contribution in [-0.4, -0.2) is 22.1 Å². The van der Waals surface area contributed by atoms with Crippen LogP contribution < -0.4 is 5.32 Å². The first-order chi connectivity index (χ1) is 9.58. The molecule has 1 aliphatic rings. The summed E-state index contributed by atoms with van der Waals surface area (Å²) in [6.45, 7) is 3.67. The van der Waals surface area contributed by atoms with Crippen molar-refractivity contribution in [3.8, 4) is 0 Å². The Morgan fingerprint density at radius 1 is 1.20 bits per heavy atom. The molecule has 0 aromatic carbocycles. The summed E-state index contributed by atoms with van der Waals surface area (Å²) in [5.41, 5.74) is 2.50. The highest BCUT2D eigenvalue weighted by atomic mass is 16.4. The van der Waals surface area contributed by atoms with Crippen LogP contribution in [0.2, 0.25) is 0 Å². The van der Waals surface area contributed by atoms with E-state index in [1.54, 1.807) is 6.92 Å². The van der Waals surface area contributed by atoms with Gasteiger partial charge in [0.05, 0.1) is 11.4 Å². The van der Waals surface area contributed by atoms with Gasteiger partial charge in [-0.15, -0.1) is 0 Å². The Bertz CT molecular complexity index is 478. The molecule has 110 valence electrons. The minimum absolute atomic E-state index is 0.317. The molecule has 20 heavy (non-hydrogen) atoms. The Hall–Kier alpha value is -1.58. The number of pyridine rings is 1. The summed E-state index contributed by atoms with van der Waals surface area (Å²) in [6, 6.07) is 2.24. The van der Waals surface area contributed by atoms with E-state index in [9.17, 15) is 9.90 Å². The molecule has 0 spiro atoms. The fourth-order valence-corrected chi connectivity index (χ4v) is 3.03. The second kappa shape index (κ2) is 6.73. The third-order valence-electron chi connectivity index (χ3n) is 4.01. The molecule has 1 heterocycles. The summed E-state index contributed by atoms with van der Waals surface area (Å²) in [5.74, 6) is -0.900. The van der Waals surface area contributed by atoms with Crippen LogP contribution in [0.5, 0.6) is 0 Å². The van der Waals surface area contributed by atoms with Gasteiger partial charge in [0.15, 0.2) is 0 Å². The molecule has 2 rings (SSSR count). The van der Waals surface area contributed by atoms with Crippen LogP contribution >= 0.6 is 0 Å². The van der Waals surface area contributed by atoms with Crippen molar-refractivity contribution >= 4 is 11.7 Å². The largest absolute Gasteiger partial charge is 0.478 e. The van der Waals surface area contributed by atoms with Gasteiger partial charge in [-0.1, -0.05) is 32.1 Å². The summed E-state index contributed by atoms with van der Waals surface area (Å²) in [7, 11) is 0. The molecule has 0 amide bonds. The topological polar surface area (TPSA) is 62.2 Å². The molecule has 2 N–H and O–H groups in total. The Morgan fingerprint density at radius 3 is 2.40 bits per heavy atom. The Labute approximate surface area is 120 Å². The molecule has 1 aromatic heterocycles. The van der Waals surface area contributed by atoms with Crippen molar-refractivity contribution in [3.63, 3.8) is 0 Å². The van der Waals surface area contributed by atoms with E-state index in [4.69, 9.17) is 0 Å². The minimum Gasteiger partial charge on any atom is -0.478 e. The number of hydrogen-bond acceptors (Lipinski definition) is 3. The Balaban J connectivity index is 2.20. The lowest BCUT2D eigenvalue weighted by Crippen LogP contribution is -2.22. The molecule has 0 atom stereocenters. The van der Waals surface area contributed by atoms with Crippen LogP contribution in [0.25, 0.3) is 0 Å². The summed E-state index contributed by atoms with van der Waals surface area (Å²) < 4.78 is 0. The van der Waals surface area contributed by atoms with E-state index >= 15 is 0 Å². The van der Waals surface area contributed by atoms with Crippen LogP contribution in [-0.2, 0) is 0 Å². The van der Waals surface area contributed by atoms with Gasteiger partial charge in [-0.2, -0.15) is 0 Å². The van der Waals surface area contributed by atoms with Gasteiger partial charge < -0.3 is 10.4 Å². The highest BCUT2D eigenvalue weighted by molar-refractivity contribution is 5.95. The minimum atomic E-state index is -0.900. The number of carbonyl (C=O) groups is 1. The first kappa shape index (κ1) is 14.8. The van der Waals surface area contributed by atoms with E-state index in [1.807, 2.05) is 13.0 Å². The number of nitrogens with one attached hydrogen (secondary N) is 1. The highest BCUT2D eigenvalue weighted by Crippen LogP contribution is 2.25. The summed E-state index contributed by atoms with van der Waals surface area (Å²) >= 11 is 0. The molecule has 1 saturated carbocycles. The molecule has 0 saturated heterocycles. The third kappa shape index (κ3) is 3.71. The van der Waals surface area contributed by atoms with Crippen LogP contribution in [0, 0.1) is 13.8 Å². The van der Waals surface area contributed by atoms with E-state index < -0.39 is 5.97 Å². The van der Waals surface area contributed by atoms with E-state index in [-0.39, 0.29) is 0 Å². The second-order valence-corrected chi connectivity index (χ2v) is 5.76. The predicted molar refractivity (Wildman–Crippen MR) is 80.4 cm³/mol. The maximum Gasteiger partial charge on any atom is 0.339 e. The van der Waals surface area contributed by atoms with Gasteiger partial charge in [-0.05, 0) is 32.8 Å². The highest BCUT2D eigenvalue weighted by Gasteiger charge is 2.18. The maximum absolute atomic E-state index is 11.4. The lowest BCUT2D eigenvalue weighted by Gasteiger charge is -2.23. The first-order valence-electron chi connectivity index (χ1n) is 7.56. The average molecular weight is 276 g/mol. The molecule has 1 fully saturated rings. The molecular formula is C16H24N2O2. The summed E-state index contributed by atoms with van der Waals surface area (Å²) in [4.78, 5) is 15.7. The average Bonchev–Trinajstić information content (AvgIpc) is 2.30. The third-order valence-corrected chi connectivity index (χ3v) is 4.01. The molecule has 4 heteroatoms. The normalized spacial score (nSPS) is 17.3. The number of rotatable bonds is 3. The van der Waals surface area contributed by atoms with E-state index in [0.29, 0.717) is 17.3 Å². The van der Waals surface area contributed by atoms with E-state index in [0.717, 1.165) is 24.2 Å². The Morgan fingerprint density at radius 2 is 1.80 bits per heavy atom. The molecule has 0 aliphatic heterocycles. The van der Waals surface area contributed by atoms with Gasteiger partial charge in [-0.3, -0.25) is 4.98 Å². The van der Waals surface area contributed by atoms with Crippen molar-refractivity contribution < 1.29 is 9.90 Å².